The summed E-state index contributed by atoms with van der Waals surface area (Å²) in [6.07, 6.45) is 2.97. The van der Waals surface area contributed by atoms with Crippen molar-refractivity contribution in [2.45, 2.75) is 38.1 Å². The maximum absolute atomic E-state index is 12.5. The summed E-state index contributed by atoms with van der Waals surface area (Å²) in [6.45, 7) is 0.523. The van der Waals surface area contributed by atoms with Crippen molar-refractivity contribution < 1.29 is 19.1 Å². The van der Waals surface area contributed by atoms with Gasteiger partial charge in [0, 0.05) is 26.4 Å². The molecule has 2 rings (SSSR count). The summed E-state index contributed by atoms with van der Waals surface area (Å²) in [7, 11) is 2.85. The molecule has 0 radical (unpaired) electrons. The van der Waals surface area contributed by atoms with E-state index in [2.05, 4.69) is 5.10 Å². The number of esters is 1. The highest BCUT2D eigenvalue weighted by molar-refractivity contribution is 6.39. The first-order valence-electron chi connectivity index (χ1n) is 6.77. The van der Waals surface area contributed by atoms with Gasteiger partial charge in [0.1, 0.15) is 11.8 Å². The lowest BCUT2D eigenvalue weighted by Gasteiger charge is -2.34. The van der Waals surface area contributed by atoms with E-state index in [-0.39, 0.29) is 24.2 Å². The van der Waals surface area contributed by atoms with Crippen LogP contribution in [0.2, 0.25) is 0 Å². The molecule has 2 amide bonds. The van der Waals surface area contributed by atoms with Crippen LogP contribution in [-0.2, 0) is 19.1 Å². The zero-order valence-corrected chi connectivity index (χ0v) is 11.8. The second-order valence-corrected chi connectivity index (χ2v) is 5.00. The van der Waals surface area contributed by atoms with E-state index in [1.807, 2.05) is 0 Å². The van der Waals surface area contributed by atoms with Gasteiger partial charge in [0.2, 0.25) is 5.91 Å². The number of carbonyl (C=O) groups excluding carboxylic acids is 3. The van der Waals surface area contributed by atoms with Crippen molar-refractivity contribution in [2.24, 2.45) is 5.10 Å². The molecule has 0 aliphatic carbocycles. The van der Waals surface area contributed by atoms with Gasteiger partial charge in [-0.2, -0.15) is 5.10 Å². The molecule has 1 atom stereocenters. The molecule has 7 nitrogen and oxygen atoms in total. The molecule has 2 aliphatic heterocycles. The van der Waals surface area contributed by atoms with Crippen molar-refractivity contribution in [3.63, 3.8) is 0 Å². The molecular weight excluding hydrogens is 262 g/mol. The first-order chi connectivity index (χ1) is 9.54. The van der Waals surface area contributed by atoms with E-state index in [9.17, 15) is 14.4 Å². The van der Waals surface area contributed by atoms with Crippen molar-refractivity contribution in [1.82, 2.24) is 9.91 Å². The molecular formula is C13H19N3O4. The minimum atomic E-state index is -0.535. The number of ether oxygens (including phenoxy) is 1. The minimum absolute atomic E-state index is 0.107. The van der Waals surface area contributed by atoms with Crippen molar-refractivity contribution >= 4 is 23.5 Å². The van der Waals surface area contributed by atoms with Gasteiger partial charge < -0.3 is 9.64 Å². The van der Waals surface area contributed by atoms with E-state index in [0.29, 0.717) is 25.1 Å². The Morgan fingerprint density at radius 3 is 2.70 bits per heavy atom. The van der Waals surface area contributed by atoms with E-state index in [1.54, 1.807) is 0 Å². The summed E-state index contributed by atoms with van der Waals surface area (Å²) < 4.78 is 4.76. The summed E-state index contributed by atoms with van der Waals surface area (Å²) in [5.41, 5.74) is 0.336. The highest BCUT2D eigenvalue weighted by atomic mass is 16.5. The van der Waals surface area contributed by atoms with Crippen molar-refractivity contribution in [3.05, 3.63) is 0 Å². The van der Waals surface area contributed by atoms with Crippen LogP contribution in [0.5, 0.6) is 0 Å². The zero-order valence-electron chi connectivity index (χ0n) is 11.8. The van der Waals surface area contributed by atoms with Gasteiger partial charge in [0.25, 0.3) is 5.91 Å². The lowest BCUT2D eigenvalue weighted by molar-refractivity contribution is -0.152. The quantitative estimate of drug-likeness (QED) is 0.675. The fourth-order valence-electron chi connectivity index (χ4n) is 2.55. The standard InChI is InChI=1S/C13H19N3O4/c1-15-11(17)7-6-9(14-15)12(18)16-8-4-3-5-10(16)13(19)20-2/h10H,3-8H2,1-2H3. The SMILES string of the molecule is COC(=O)C1CCCCN1C(=O)C1=NN(C)C(=O)CC1. The Morgan fingerprint density at radius 1 is 1.30 bits per heavy atom. The lowest BCUT2D eigenvalue weighted by atomic mass is 10.0. The number of carbonyl (C=O) groups is 3. The Labute approximate surface area is 117 Å². The number of piperidine rings is 1. The van der Waals surface area contributed by atoms with E-state index >= 15 is 0 Å². The van der Waals surface area contributed by atoms with E-state index < -0.39 is 6.04 Å². The number of amides is 2. The zero-order chi connectivity index (χ0) is 14.7. The van der Waals surface area contributed by atoms with Gasteiger partial charge in [-0.3, -0.25) is 9.59 Å². The van der Waals surface area contributed by atoms with Crippen LogP contribution in [0.15, 0.2) is 5.10 Å². The minimum Gasteiger partial charge on any atom is -0.467 e. The monoisotopic (exact) mass is 281 g/mol. The predicted molar refractivity (Wildman–Crippen MR) is 70.8 cm³/mol. The van der Waals surface area contributed by atoms with Crippen LogP contribution in [0.25, 0.3) is 0 Å². The number of nitrogens with zero attached hydrogens (tertiary/aromatic N) is 3. The fourth-order valence-corrected chi connectivity index (χ4v) is 2.55. The van der Waals surface area contributed by atoms with Gasteiger partial charge in [-0.1, -0.05) is 0 Å². The first kappa shape index (κ1) is 14.5. The molecule has 0 N–H and O–H groups in total. The van der Waals surface area contributed by atoms with Gasteiger partial charge in [0.15, 0.2) is 0 Å². The topological polar surface area (TPSA) is 79.3 Å². The van der Waals surface area contributed by atoms with Gasteiger partial charge in [-0.05, 0) is 19.3 Å². The maximum Gasteiger partial charge on any atom is 0.328 e. The normalized spacial score (nSPS) is 23.4. The predicted octanol–water partition coefficient (Wildman–Crippen LogP) is 0.149. The summed E-state index contributed by atoms with van der Waals surface area (Å²) in [6, 6.07) is -0.535. The second-order valence-electron chi connectivity index (χ2n) is 5.00. The average Bonchev–Trinajstić information content (AvgIpc) is 2.48. The molecule has 2 heterocycles. The van der Waals surface area contributed by atoms with Crippen LogP contribution in [0.1, 0.15) is 32.1 Å². The molecule has 0 aromatic heterocycles. The lowest BCUT2D eigenvalue weighted by Crippen LogP contribution is -2.51. The summed E-state index contributed by atoms with van der Waals surface area (Å²) in [5.74, 6) is -0.761. The van der Waals surface area contributed by atoms with Gasteiger partial charge >= 0.3 is 5.97 Å². The first-order valence-corrected chi connectivity index (χ1v) is 6.77. The highest BCUT2D eigenvalue weighted by Crippen LogP contribution is 2.20. The number of likely N-dealkylation sites (tertiary alicyclic amines) is 1. The van der Waals surface area contributed by atoms with Crippen molar-refractivity contribution in [2.75, 3.05) is 20.7 Å². The smallest absolute Gasteiger partial charge is 0.328 e. The molecule has 1 unspecified atom stereocenters. The number of hydrazone groups is 1. The third-order valence-corrected chi connectivity index (χ3v) is 3.69. The van der Waals surface area contributed by atoms with Crippen LogP contribution in [-0.4, -0.2) is 60.1 Å². The highest BCUT2D eigenvalue weighted by Gasteiger charge is 2.35. The molecule has 0 aromatic rings. The van der Waals surface area contributed by atoms with Crippen LogP contribution >= 0.6 is 0 Å². The summed E-state index contributed by atoms with van der Waals surface area (Å²) in [5, 5.41) is 5.20. The molecule has 7 heteroatoms. The molecule has 0 aromatic carbocycles. The van der Waals surface area contributed by atoms with Crippen LogP contribution in [0.3, 0.4) is 0 Å². The Balaban J connectivity index is 2.16. The van der Waals surface area contributed by atoms with Gasteiger partial charge in [-0.25, -0.2) is 9.80 Å². The molecule has 1 saturated heterocycles. The largest absolute Gasteiger partial charge is 0.467 e. The Hall–Kier alpha value is -1.92. The number of rotatable bonds is 2. The molecule has 0 saturated carbocycles. The summed E-state index contributed by atoms with van der Waals surface area (Å²) >= 11 is 0. The molecule has 2 aliphatic rings. The fraction of sp³-hybridized carbons (Fsp3) is 0.692. The van der Waals surface area contributed by atoms with Crippen LogP contribution in [0.4, 0.5) is 0 Å². The van der Waals surface area contributed by atoms with E-state index in [4.69, 9.17) is 4.74 Å². The second kappa shape index (κ2) is 6.02. The van der Waals surface area contributed by atoms with Crippen molar-refractivity contribution in [1.29, 1.82) is 0 Å². The number of methoxy groups -OCH3 is 1. The van der Waals surface area contributed by atoms with Crippen LogP contribution < -0.4 is 0 Å². The molecule has 0 spiro atoms. The third-order valence-electron chi connectivity index (χ3n) is 3.69. The summed E-state index contributed by atoms with van der Waals surface area (Å²) in [4.78, 5) is 37.1. The average molecular weight is 281 g/mol. The maximum atomic E-state index is 12.5. The molecule has 20 heavy (non-hydrogen) atoms. The molecule has 1 fully saturated rings. The van der Waals surface area contributed by atoms with Gasteiger partial charge in [0.05, 0.1) is 7.11 Å². The Bertz CT molecular complexity index is 461. The van der Waals surface area contributed by atoms with Gasteiger partial charge in [-0.15, -0.1) is 0 Å². The van der Waals surface area contributed by atoms with E-state index in [1.165, 1.54) is 24.1 Å². The van der Waals surface area contributed by atoms with Crippen molar-refractivity contribution in [3.8, 4) is 0 Å². The van der Waals surface area contributed by atoms with E-state index in [0.717, 1.165) is 12.8 Å². The van der Waals surface area contributed by atoms with Crippen LogP contribution in [0, 0.1) is 0 Å². The number of hydrogen-bond donors (Lipinski definition) is 0. The molecule has 0 bridgehead atoms. The Kier molecular flexibility index (Phi) is 4.36. The number of hydrogen-bond acceptors (Lipinski definition) is 5. The Morgan fingerprint density at radius 2 is 2.05 bits per heavy atom. The third kappa shape index (κ3) is 2.81. The molecule has 110 valence electrons.